The normalized spacial score (nSPS) is 22.2. The van der Waals surface area contributed by atoms with Crippen LogP contribution in [0.2, 0.25) is 0 Å². The maximum Gasteiger partial charge on any atom is 0.187 e. The number of hydrogen-bond donors (Lipinski definition) is 0. The van der Waals surface area contributed by atoms with Crippen LogP contribution in [0, 0.1) is 24.3 Å². The van der Waals surface area contributed by atoms with Crippen molar-refractivity contribution in [2.45, 2.75) is 43.9 Å². The molecule has 4 aliphatic rings. The van der Waals surface area contributed by atoms with Crippen molar-refractivity contribution in [2.75, 3.05) is 0 Å². The molecule has 240 valence electrons. The molecular formula is C46H36N4. The van der Waals surface area contributed by atoms with Crippen molar-refractivity contribution in [3.8, 4) is 45.3 Å². The van der Waals surface area contributed by atoms with Crippen LogP contribution in [0.5, 0.6) is 0 Å². The van der Waals surface area contributed by atoms with Crippen molar-refractivity contribution in [1.29, 1.82) is 0 Å². The van der Waals surface area contributed by atoms with Crippen LogP contribution in [0.15, 0.2) is 127 Å². The highest BCUT2D eigenvalue weighted by Gasteiger charge is 2.51. The predicted molar refractivity (Wildman–Crippen MR) is 203 cm³/mol. The van der Waals surface area contributed by atoms with Gasteiger partial charge in [-0.15, -0.1) is 0 Å². The molecule has 11 rings (SSSR count). The van der Waals surface area contributed by atoms with Crippen molar-refractivity contribution >= 4 is 27.2 Å². The van der Waals surface area contributed by atoms with E-state index in [0.29, 0.717) is 28.6 Å². The topological polar surface area (TPSA) is 43.0 Å². The molecule has 4 saturated carbocycles. The largest absolute Gasteiger partial charge is 0.238 e. The number of hydrogen-bond acceptors (Lipinski definition) is 3. The fourth-order valence-corrected chi connectivity index (χ4v) is 9.97. The van der Waals surface area contributed by atoms with E-state index in [9.17, 15) is 0 Å². The highest BCUT2D eigenvalue weighted by Crippen LogP contribution is 2.60. The van der Waals surface area contributed by atoms with E-state index in [1.54, 1.807) is 5.56 Å². The fourth-order valence-electron chi connectivity index (χ4n) is 9.97. The first-order valence-corrected chi connectivity index (χ1v) is 18.0. The molecular weight excluding hydrogens is 609 g/mol. The van der Waals surface area contributed by atoms with Crippen LogP contribution in [0.1, 0.15) is 44.1 Å². The van der Waals surface area contributed by atoms with E-state index in [1.807, 2.05) is 24.3 Å². The second-order valence-electron chi connectivity index (χ2n) is 15.0. The lowest BCUT2D eigenvalue weighted by Gasteiger charge is -2.57. The zero-order valence-electron chi connectivity index (χ0n) is 27.9. The average Bonchev–Trinajstić information content (AvgIpc) is 3.17. The van der Waals surface area contributed by atoms with Crippen LogP contribution in [-0.2, 0) is 5.41 Å². The van der Waals surface area contributed by atoms with Gasteiger partial charge in [-0.2, -0.15) is 0 Å². The molecule has 0 unspecified atom stereocenters. The summed E-state index contributed by atoms with van der Waals surface area (Å²) in [6, 6.07) is 44.8. The number of nitrogens with zero attached hydrogens (tertiary/aromatic N) is 4. The highest BCUT2D eigenvalue weighted by atomic mass is 15.0. The minimum Gasteiger partial charge on any atom is -0.238 e. The molecule has 4 aliphatic carbocycles. The molecule has 4 fully saturated rings. The lowest BCUT2D eigenvalue weighted by molar-refractivity contribution is -0.00518. The number of fused-ring (bicyclic) bond motifs is 3. The van der Waals surface area contributed by atoms with Gasteiger partial charge in [-0.25, -0.2) is 19.8 Å². The van der Waals surface area contributed by atoms with Gasteiger partial charge in [-0.3, -0.25) is 0 Å². The summed E-state index contributed by atoms with van der Waals surface area (Å²) in [6.07, 6.45) is 8.59. The SMILES string of the molecule is [C-]#[N+]c1ccc(-c2nc(-c3ccc(-c4ccc(C56CC7CC(CC(C7)C5)C6)cc4)cc3)nc(-c3cc4ccccc4c4ccccc34)n2)cc1. The summed E-state index contributed by atoms with van der Waals surface area (Å²) in [6.45, 7) is 7.41. The quantitative estimate of drug-likeness (QED) is 0.138. The molecule has 0 amide bonds. The van der Waals surface area contributed by atoms with Crippen molar-refractivity contribution in [2.24, 2.45) is 17.8 Å². The molecule has 6 aromatic carbocycles. The van der Waals surface area contributed by atoms with Crippen molar-refractivity contribution in [1.82, 2.24) is 15.0 Å². The van der Waals surface area contributed by atoms with Gasteiger partial charge >= 0.3 is 0 Å². The Morgan fingerprint density at radius 2 is 0.980 bits per heavy atom. The van der Waals surface area contributed by atoms with E-state index in [1.165, 1.54) is 60.4 Å². The number of rotatable bonds is 5. The summed E-state index contributed by atoms with van der Waals surface area (Å²) in [5, 5.41) is 4.62. The number of aromatic nitrogens is 3. The Bertz CT molecular complexity index is 2420. The van der Waals surface area contributed by atoms with E-state index >= 15 is 0 Å². The summed E-state index contributed by atoms with van der Waals surface area (Å²) >= 11 is 0. The Kier molecular flexibility index (Phi) is 6.71. The highest BCUT2D eigenvalue weighted by molar-refractivity contribution is 6.13. The third-order valence-corrected chi connectivity index (χ3v) is 11.9. The molecule has 1 aromatic heterocycles. The smallest absolute Gasteiger partial charge is 0.187 e. The monoisotopic (exact) mass is 644 g/mol. The number of benzene rings is 6. The van der Waals surface area contributed by atoms with Crippen LogP contribution in [0.3, 0.4) is 0 Å². The molecule has 4 heteroatoms. The Labute approximate surface area is 292 Å². The van der Waals surface area contributed by atoms with Gasteiger partial charge in [0.25, 0.3) is 0 Å². The molecule has 4 nitrogen and oxygen atoms in total. The Balaban J connectivity index is 1.03. The summed E-state index contributed by atoms with van der Waals surface area (Å²) in [5.74, 6) is 4.68. The molecule has 7 aromatic rings. The molecule has 0 N–H and O–H groups in total. The van der Waals surface area contributed by atoms with Gasteiger partial charge in [0.05, 0.1) is 6.57 Å². The molecule has 50 heavy (non-hydrogen) atoms. The first kappa shape index (κ1) is 29.3. The molecule has 0 saturated heterocycles. The molecule has 0 atom stereocenters. The average molecular weight is 645 g/mol. The zero-order chi connectivity index (χ0) is 33.2. The van der Waals surface area contributed by atoms with E-state index < -0.39 is 0 Å². The predicted octanol–water partition coefficient (Wildman–Crippen LogP) is 11.9. The minimum atomic E-state index is 0.415. The summed E-state index contributed by atoms with van der Waals surface area (Å²) < 4.78 is 0. The summed E-state index contributed by atoms with van der Waals surface area (Å²) in [5.41, 5.74) is 7.75. The second kappa shape index (κ2) is 11.5. The van der Waals surface area contributed by atoms with Crippen LogP contribution < -0.4 is 0 Å². The van der Waals surface area contributed by atoms with Gasteiger partial charge in [0.1, 0.15) is 0 Å². The van der Waals surface area contributed by atoms with E-state index in [-0.39, 0.29) is 0 Å². The molecule has 0 radical (unpaired) electrons. The summed E-state index contributed by atoms with van der Waals surface area (Å²) in [4.78, 5) is 18.8. The lowest BCUT2D eigenvalue weighted by atomic mass is 9.48. The van der Waals surface area contributed by atoms with Gasteiger partial charge in [-0.05, 0) is 106 Å². The van der Waals surface area contributed by atoms with Crippen molar-refractivity contribution < 1.29 is 0 Å². The minimum absolute atomic E-state index is 0.415. The van der Waals surface area contributed by atoms with Crippen LogP contribution in [-0.4, -0.2) is 15.0 Å². The Morgan fingerprint density at radius 1 is 0.500 bits per heavy atom. The molecule has 1 heterocycles. The van der Waals surface area contributed by atoms with Crippen LogP contribution >= 0.6 is 0 Å². The first-order valence-electron chi connectivity index (χ1n) is 18.0. The van der Waals surface area contributed by atoms with E-state index in [2.05, 4.69) is 108 Å². The third-order valence-electron chi connectivity index (χ3n) is 11.9. The van der Waals surface area contributed by atoms with Gasteiger partial charge in [-0.1, -0.05) is 121 Å². The summed E-state index contributed by atoms with van der Waals surface area (Å²) in [7, 11) is 0. The molecule has 4 bridgehead atoms. The van der Waals surface area contributed by atoms with Gasteiger partial charge in [0.2, 0.25) is 0 Å². The fraction of sp³-hybridized carbons (Fsp3) is 0.217. The van der Waals surface area contributed by atoms with E-state index in [0.717, 1.165) is 45.2 Å². The first-order chi connectivity index (χ1) is 24.6. The standard InChI is InChI=1S/C46H36N4/c1-47-38-20-16-35(17-21-38)44-48-43(49-45(50-44)42-25-36-6-2-3-7-39(36)40-8-4-5-9-41(40)42)34-12-10-32(11-13-34)33-14-18-37(19-15-33)46-26-29-22-30(27-46)24-31(23-29)28-46/h2-21,25,29-31H,22-24,26-28H2. The van der Waals surface area contributed by atoms with Gasteiger partial charge < -0.3 is 0 Å². The molecule has 0 spiro atoms. The lowest BCUT2D eigenvalue weighted by Crippen LogP contribution is -2.48. The van der Waals surface area contributed by atoms with Crippen molar-refractivity contribution in [3.63, 3.8) is 0 Å². The van der Waals surface area contributed by atoms with E-state index in [4.69, 9.17) is 21.5 Å². The van der Waals surface area contributed by atoms with Crippen molar-refractivity contribution in [3.05, 3.63) is 144 Å². The Morgan fingerprint density at radius 3 is 1.58 bits per heavy atom. The van der Waals surface area contributed by atoms with Crippen LogP contribution in [0.4, 0.5) is 5.69 Å². The van der Waals surface area contributed by atoms with Gasteiger partial charge in [0.15, 0.2) is 23.2 Å². The third kappa shape index (κ3) is 4.91. The zero-order valence-corrected chi connectivity index (χ0v) is 27.9. The Hall–Kier alpha value is -5.66. The maximum atomic E-state index is 7.41. The maximum absolute atomic E-state index is 7.41. The van der Waals surface area contributed by atoms with Crippen LogP contribution in [0.25, 0.3) is 71.7 Å². The molecule has 0 aliphatic heterocycles. The second-order valence-corrected chi connectivity index (χ2v) is 15.0. The van der Waals surface area contributed by atoms with Gasteiger partial charge in [0, 0.05) is 16.7 Å².